The minimum absolute atomic E-state index is 0.00724. The number of rotatable bonds is 5. The van der Waals surface area contributed by atoms with Crippen molar-refractivity contribution in [2.24, 2.45) is 0 Å². The first-order valence-corrected chi connectivity index (χ1v) is 9.93. The zero-order valence-electron chi connectivity index (χ0n) is 17.1. The number of hydrogen-bond acceptors (Lipinski definition) is 6. The van der Waals surface area contributed by atoms with Crippen molar-refractivity contribution in [1.29, 1.82) is 0 Å². The topological polar surface area (TPSA) is 92.9 Å². The Balaban J connectivity index is 1.66. The second-order valence-electron chi connectivity index (χ2n) is 7.27. The van der Waals surface area contributed by atoms with Crippen molar-refractivity contribution in [3.63, 3.8) is 0 Å². The third-order valence-corrected chi connectivity index (χ3v) is 5.46. The average molecular weight is 426 g/mol. The maximum absolute atomic E-state index is 13.6. The van der Waals surface area contributed by atoms with Crippen molar-refractivity contribution in [3.8, 4) is 5.75 Å². The van der Waals surface area contributed by atoms with Gasteiger partial charge in [-0.2, -0.15) is 0 Å². The van der Waals surface area contributed by atoms with Crippen molar-refractivity contribution in [2.75, 3.05) is 12.0 Å². The molecule has 7 nitrogen and oxygen atoms in total. The van der Waals surface area contributed by atoms with Crippen LogP contribution in [0.2, 0.25) is 0 Å². The number of furan rings is 1. The summed E-state index contributed by atoms with van der Waals surface area (Å²) < 4.78 is 11.1. The molecule has 2 aromatic carbocycles. The fraction of sp³-hybridized carbons (Fsp3) is 0.0800. The van der Waals surface area contributed by atoms with E-state index in [9.17, 15) is 14.7 Å². The lowest BCUT2D eigenvalue weighted by atomic mass is 9.95. The molecule has 0 radical (unpaired) electrons. The van der Waals surface area contributed by atoms with Crippen molar-refractivity contribution in [1.82, 2.24) is 4.98 Å². The highest BCUT2D eigenvalue weighted by Gasteiger charge is 2.45. The number of nitrogens with zero attached hydrogens (tertiary/aromatic N) is 2. The van der Waals surface area contributed by atoms with Crippen LogP contribution in [0.5, 0.6) is 5.75 Å². The minimum atomic E-state index is -0.837. The summed E-state index contributed by atoms with van der Waals surface area (Å²) in [5.74, 6) is -1.34. The van der Waals surface area contributed by atoms with Crippen molar-refractivity contribution >= 4 is 28.3 Å². The van der Waals surface area contributed by atoms with E-state index in [1.807, 2.05) is 6.07 Å². The summed E-state index contributed by atoms with van der Waals surface area (Å²) in [6.07, 6.45) is 3.15. The van der Waals surface area contributed by atoms with Crippen LogP contribution in [0.25, 0.3) is 11.0 Å². The number of Topliss-reactive ketones (excluding diaryl/α,β-unsaturated/α-hetero) is 1. The zero-order chi connectivity index (χ0) is 22.2. The molecule has 1 unspecified atom stereocenters. The number of carbonyl (C=O) groups is 2. The number of aromatic nitrogens is 1. The fourth-order valence-electron chi connectivity index (χ4n) is 3.99. The summed E-state index contributed by atoms with van der Waals surface area (Å²) >= 11 is 0. The molecule has 1 N–H and O–H groups in total. The Morgan fingerprint density at radius 3 is 2.53 bits per heavy atom. The molecule has 3 heterocycles. The standard InChI is InChI=1S/C25H18N2O5/c1-31-18-9-5-6-16-14-19(32-24(16)18)22(28)20-21(15-10-12-26-13-11-15)27(25(30)23(20)29)17-7-3-2-4-8-17/h2-14,21,29H,1H3. The summed E-state index contributed by atoms with van der Waals surface area (Å²) in [5.41, 5.74) is 1.56. The maximum Gasteiger partial charge on any atom is 0.294 e. The molecular formula is C25H18N2O5. The highest BCUT2D eigenvalue weighted by Crippen LogP contribution is 2.42. The predicted octanol–water partition coefficient (Wildman–Crippen LogP) is 4.62. The Morgan fingerprint density at radius 1 is 1.06 bits per heavy atom. The van der Waals surface area contributed by atoms with Gasteiger partial charge in [-0.3, -0.25) is 19.5 Å². The van der Waals surface area contributed by atoms with Crippen LogP contribution in [0.15, 0.2) is 94.9 Å². The van der Waals surface area contributed by atoms with Gasteiger partial charge in [0.05, 0.1) is 18.7 Å². The van der Waals surface area contributed by atoms with Gasteiger partial charge >= 0.3 is 0 Å². The third-order valence-electron chi connectivity index (χ3n) is 5.46. The largest absolute Gasteiger partial charge is 0.503 e. The molecule has 1 atom stereocenters. The number of pyridine rings is 1. The van der Waals surface area contributed by atoms with Crippen LogP contribution < -0.4 is 9.64 Å². The highest BCUT2D eigenvalue weighted by atomic mass is 16.5. The van der Waals surface area contributed by atoms with E-state index in [1.54, 1.807) is 73.1 Å². The van der Waals surface area contributed by atoms with E-state index in [1.165, 1.54) is 12.0 Å². The normalized spacial score (nSPS) is 16.1. The number of carbonyl (C=O) groups excluding carboxylic acids is 2. The molecule has 5 rings (SSSR count). The van der Waals surface area contributed by atoms with Crippen LogP contribution in [0.3, 0.4) is 0 Å². The van der Waals surface area contributed by atoms with E-state index in [2.05, 4.69) is 4.98 Å². The van der Waals surface area contributed by atoms with Crippen LogP contribution >= 0.6 is 0 Å². The van der Waals surface area contributed by atoms with Gasteiger partial charge in [-0.25, -0.2) is 0 Å². The molecule has 0 bridgehead atoms. The van der Waals surface area contributed by atoms with Gasteiger partial charge in [0.25, 0.3) is 5.91 Å². The average Bonchev–Trinajstić information content (AvgIpc) is 3.39. The number of methoxy groups -OCH3 is 1. The van der Waals surface area contributed by atoms with Gasteiger partial charge < -0.3 is 14.3 Å². The van der Waals surface area contributed by atoms with E-state index in [-0.39, 0.29) is 11.3 Å². The third kappa shape index (κ3) is 3.02. The first-order valence-electron chi connectivity index (χ1n) is 9.93. The monoisotopic (exact) mass is 426 g/mol. The first-order chi connectivity index (χ1) is 15.6. The number of aliphatic hydroxyl groups is 1. The number of ether oxygens (including phenoxy) is 1. The van der Waals surface area contributed by atoms with E-state index in [0.717, 1.165) is 0 Å². The van der Waals surface area contributed by atoms with Gasteiger partial charge in [0, 0.05) is 23.5 Å². The number of para-hydroxylation sites is 2. The van der Waals surface area contributed by atoms with E-state index in [4.69, 9.17) is 9.15 Å². The van der Waals surface area contributed by atoms with Crippen molar-refractivity contribution in [2.45, 2.75) is 6.04 Å². The summed E-state index contributed by atoms with van der Waals surface area (Å²) in [7, 11) is 1.51. The second kappa shape index (κ2) is 7.70. The molecule has 158 valence electrons. The van der Waals surface area contributed by atoms with Gasteiger partial charge in [0.15, 0.2) is 22.9 Å². The number of aliphatic hydroxyl groups excluding tert-OH is 1. The molecule has 32 heavy (non-hydrogen) atoms. The molecule has 7 heteroatoms. The number of fused-ring (bicyclic) bond motifs is 1. The Bertz CT molecular complexity index is 1360. The van der Waals surface area contributed by atoms with Crippen molar-refractivity contribution in [3.05, 3.63) is 102 Å². The summed E-state index contributed by atoms with van der Waals surface area (Å²) in [5, 5.41) is 11.5. The molecule has 1 aliphatic rings. The molecule has 0 saturated heterocycles. The van der Waals surface area contributed by atoms with Crippen molar-refractivity contribution < 1.29 is 23.8 Å². The lowest BCUT2D eigenvalue weighted by Gasteiger charge is -2.26. The van der Waals surface area contributed by atoms with Crippen LogP contribution in [-0.2, 0) is 4.79 Å². The minimum Gasteiger partial charge on any atom is -0.503 e. The lowest BCUT2D eigenvalue weighted by molar-refractivity contribution is -0.117. The Morgan fingerprint density at radius 2 is 1.81 bits per heavy atom. The Hall–Kier alpha value is -4.39. The zero-order valence-corrected chi connectivity index (χ0v) is 17.1. The van der Waals surface area contributed by atoms with Gasteiger partial charge in [-0.15, -0.1) is 0 Å². The van der Waals surface area contributed by atoms with E-state index >= 15 is 0 Å². The number of benzene rings is 2. The molecule has 1 aliphatic heterocycles. The van der Waals surface area contributed by atoms with Crippen LogP contribution in [0, 0.1) is 0 Å². The molecule has 0 spiro atoms. The maximum atomic E-state index is 13.6. The highest BCUT2D eigenvalue weighted by molar-refractivity contribution is 6.20. The number of anilines is 1. The van der Waals surface area contributed by atoms with Gasteiger partial charge in [0.2, 0.25) is 5.78 Å². The molecule has 0 saturated carbocycles. The summed E-state index contributed by atoms with van der Waals surface area (Å²) in [4.78, 5) is 32.1. The van der Waals surface area contributed by atoms with Crippen LogP contribution in [-0.4, -0.2) is 28.9 Å². The van der Waals surface area contributed by atoms with Gasteiger partial charge in [0.1, 0.15) is 0 Å². The molecule has 1 amide bonds. The first kappa shape index (κ1) is 19.6. The SMILES string of the molecule is COc1cccc2cc(C(=O)C3=C(O)C(=O)N(c4ccccc4)C3c3ccncc3)oc12. The molecule has 0 fully saturated rings. The van der Waals surface area contributed by atoms with E-state index < -0.39 is 23.5 Å². The number of amides is 1. The molecule has 2 aromatic heterocycles. The quantitative estimate of drug-likeness (QED) is 0.468. The number of ketones is 1. The van der Waals surface area contributed by atoms with E-state index in [0.29, 0.717) is 28.0 Å². The molecule has 4 aromatic rings. The smallest absolute Gasteiger partial charge is 0.294 e. The molecule has 0 aliphatic carbocycles. The van der Waals surface area contributed by atoms with Crippen LogP contribution in [0.4, 0.5) is 5.69 Å². The Kier molecular flexibility index (Phi) is 4.71. The van der Waals surface area contributed by atoms with Gasteiger partial charge in [-0.05, 0) is 42.0 Å². The summed E-state index contributed by atoms with van der Waals surface area (Å²) in [6, 6.07) is 18.4. The number of hydrogen-bond donors (Lipinski definition) is 1. The second-order valence-corrected chi connectivity index (χ2v) is 7.27. The summed E-state index contributed by atoms with van der Waals surface area (Å²) in [6.45, 7) is 0. The lowest BCUT2D eigenvalue weighted by Crippen LogP contribution is -2.31. The van der Waals surface area contributed by atoms with Gasteiger partial charge in [-0.1, -0.05) is 30.3 Å². The van der Waals surface area contributed by atoms with Crippen LogP contribution in [0.1, 0.15) is 22.2 Å². The Labute approximate surface area is 183 Å². The fourth-order valence-corrected chi connectivity index (χ4v) is 3.99. The molecular weight excluding hydrogens is 408 g/mol. The predicted molar refractivity (Wildman–Crippen MR) is 118 cm³/mol.